The molecule has 0 N–H and O–H groups in total. The molecule has 1 atom stereocenters. The average molecular weight is 464 g/mol. The minimum atomic E-state index is -0.204. The fraction of sp³-hybridized carbons (Fsp3) is 0.143. The lowest BCUT2D eigenvalue weighted by Gasteiger charge is -2.31. The fourth-order valence-electron chi connectivity index (χ4n) is 4.30. The molecule has 174 valence electrons. The third-order valence-electron chi connectivity index (χ3n) is 6.02. The monoisotopic (exact) mass is 463 g/mol. The maximum Gasteiger partial charge on any atom is 0.259 e. The van der Waals surface area contributed by atoms with Crippen LogP contribution in [-0.4, -0.2) is 45.5 Å². The van der Waals surface area contributed by atoms with Crippen LogP contribution in [0, 0.1) is 0 Å². The van der Waals surface area contributed by atoms with Crippen molar-refractivity contribution in [3.8, 4) is 17.1 Å². The van der Waals surface area contributed by atoms with Gasteiger partial charge in [-0.3, -0.25) is 9.78 Å². The number of ether oxygens (including phenoxy) is 1. The highest BCUT2D eigenvalue weighted by Gasteiger charge is 2.34. The fourth-order valence-corrected chi connectivity index (χ4v) is 4.30. The van der Waals surface area contributed by atoms with E-state index in [9.17, 15) is 4.79 Å². The molecule has 1 amide bonds. The molecule has 0 spiro atoms. The number of hydrogen-bond acceptors (Lipinski definition) is 6. The van der Waals surface area contributed by atoms with Gasteiger partial charge in [-0.25, -0.2) is 9.97 Å². The molecule has 4 aromatic rings. The van der Waals surface area contributed by atoms with Crippen molar-refractivity contribution in [3.63, 3.8) is 0 Å². The molecule has 7 nitrogen and oxygen atoms in total. The number of rotatable bonds is 6. The third-order valence-corrected chi connectivity index (χ3v) is 6.02. The molecule has 2 aromatic carbocycles. The number of carbonyl (C=O) groups is 1. The minimum Gasteiger partial charge on any atom is -0.496 e. The number of pyridine rings is 1. The van der Waals surface area contributed by atoms with Crippen LogP contribution in [0.1, 0.15) is 15.9 Å². The summed E-state index contributed by atoms with van der Waals surface area (Å²) in [6.45, 7) is 5.03. The van der Waals surface area contributed by atoms with Crippen molar-refractivity contribution in [3.05, 3.63) is 109 Å². The van der Waals surface area contributed by atoms with Gasteiger partial charge in [0.1, 0.15) is 11.3 Å². The highest BCUT2D eigenvalue weighted by Crippen LogP contribution is 2.36. The number of anilines is 2. The van der Waals surface area contributed by atoms with E-state index in [1.165, 1.54) is 0 Å². The molecule has 0 saturated heterocycles. The van der Waals surface area contributed by atoms with Gasteiger partial charge in [-0.1, -0.05) is 54.6 Å². The van der Waals surface area contributed by atoms with Gasteiger partial charge in [0.25, 0.3) is 5.91 Å². The Morgan fingerprint density at radius 3 is 2.49 bits per heavy atom. The van der Waals surface area contributed by atoms with Crippen LogP contribution < -0.4 is 9.64 Å². The Hall–Kier alpha value is -4.52. The lowest BCUT2D eigenvalue weighted by molar-refractivity contribution is 0.0747. The van der Waals surface area contributed by atoms with E-state index in [1.807, 2.05) is 71.6 Å². The van der Waals surface area contributed by atoms with Gasteiger partial charge in [-0.05, 0) is 23.8 Å². The van der Waals surface area contributed by atoms with Crippen LogP contribution in [0.2, 0.25) is 0 Å². The molecule has 1 aliphatic heterocycles. The van der Waals surface area contributed by atoms with Gasteiger partial charge in [0.05, 0.1) is 18.7 Å². The number of hydrogen-bond donors (Lipinski definition) is 0. The molecule has 0 fully saturated rings. The van der Waals surface area contributed by atoms with E-state index in [0.29, 0.717) is 41.6 Å². The van der Waals surface area contributed by atoms with Gasteiger partial charge < -0.3 is 14.5 Å². The standard InChI is InChI=1S/C28H25N5O2/c1-3-21-19-32(18-20-10-6-4-7-11-20)28(34)24-17-30-26(23-16-29-15-14-25(23)35-2)31-27(24)33(21)22-12-8-5-9-13-22/h3-17,21H,1,18-19H2,2H3. The van der Waals surface area contributed by atoms with Crippen molar-refractivity contribution in [1.29, 1.82) is 0 Å². The summed E-state index contributed by atoms with van der Waals surface area (Å²) in [4.78, 5) is 31.4. The maximum absolute atomic E-state index is 13.8. The summed E-state index contributed by atoms with van der Waals surface area (Å²) in [7, 11) is 1.59. The first-order valence-corrected chi connectivity index (χ1v) is 11.3. The average Bonchev–Trinajstić information content (AvgIpc) is 3.03. The number of methoxy groups -OCH3 is 1. The summed E-state index contributed by atoms with van der Waals surface area (Å²) in [5.41, 5.74) is 3.05. The molecule has 35 heavy (non-hydrogen) atoms. The highest BCUT2D eigenvalue weighted by atomic mass is 16.5. The summed E-state index contributed by atoms with van der Waals surface area (Å²) in [5.74, 6) is 1.44. The zero-order chi connectivity index (χ0) is 24.2. The number of carbonyl (C=O) groups excluding carboxylic acids is 1. The van der Waals surface area contributed by atoms with E-state index in [4.69, 9.17) is 9.72 Å². The molecule has 0 radical (unpaired) electrons. The number of benzene rings is 2. The smallest absolute Gasteiger partial charge is 0.259 e. The molecule has 2 aromatic heterocycles. The Bertz CT molecular complexity index is 1340. The maximum atomic E-state index is 13.8. The van der Waals surface area contributed by atoms with Crippen molar-refractivity contribution in [2.24, 2.45) is 0 Å². The molecule has 3 heterocycles. The van der Waals surface area contributed by atoms with Gasteiger partial charge in [0.2, 0.25) is 0 Å². The summed E-state index contributed by atoms with van der Waals surface area (Å²) < 4.78 is 5.50. The largest absolute Gasteiger partial charge is 0.496 e. The second-order valence-corrected chi connectivity index (χ2v) is 8.19. The summed E-state index contributed by atoms with van der Waals surface area (Å²) in [5, 5.41) is 0. The molecular weight excluding hydrogens is 438 g/mol. The first-order valence-electron chi connectivity index (χ1n) is 11.3. The van der Waals surface area contributed by atoms with Crippen LogP contribution in [0.4, 0.5) is 11.5 Å². The summed E-state index contributed by atoms with van der Waals surface area (Å²) in [6.07, 6.45) is 6.78. The number of aromatic nitrogens is 3. The van der Waals surface area contributed by atoms with Gasteiger partial charge >= 0.3 is 0 Å². The van der Waals surface area contributed by atoms with E-state index in [0.717, 1.165) is 11.3 Å². The van der Waals surface area contributed by atoms with Crippen LogP contribution in [0.15, 0.2) is 98.0 Å². The van der Waals surface area contributed by atoms with Gasteiger partial charge in [-0.2, -0.15) is 0 Å². The van der Waals surface area contributed by atoms with E-state index < -0.39 is 0 Å². The first kappa shape index (κ1) is 22.3. The van der Waals surface area contributed by atoms with Gasteiger partial charge in [-0.15, -0.1) is 6.58 Å². The summed E-state index contributed by atoms with van der Waals surface area (Å²) in [6, 6.07) is 21.4. The van der Waals surface area contributed by atoms with Crippen LogP contribution in [0.5, 0.6) is 5.75 Å². The van der Waals surface area contributed by atoms with E-state index in [1.54, 1.807) is 31.8 Å². The number of para-hydroxylation sites is 1. The topological polar surface area (TPSA) is 71.5 Å². The second kappa shape index (κ2) is 9.77. The highest BCUT2D eigenvalue weighted by molar-refractivity contribution is 6.00. The molecule has 0 bridgehead atoms. The lowest BCUT2D eigenvalue weighted by atomic mass is 10.1. The van der Waals surface area contributed by atoms with E-state index in [-0.39, 0.29) is 11.9 Å². The predicted octanol–water partition coefficient (Wildman–Crippen LogP) is 4.90. The Labute approximate surface area is 204 Å². The number of amides is 1. The molecule has 0 aliphatic carbocycles. The van der Waals surface area contributed by atoms with Crippen LogP contribution in [0.25, 0.3) is 11.4 Å². The quantitative estimate of drug-likeness (QED) is 0.379. The normalized spacial score (nSPS) is 15.3. The molecule has 5 rings (SSSR count). The Morgan fingerprint density at radius 2 is 1.77 bits per heavy atom. The van der Waals surface area contributed by atoms with Crippen molar-refractivity contribution in [2.75, 3.05) is 18.6 Å². The zero-order valence-electron chi connectivity index (χ0n) is 19.4. The SMILES string of the molecule is C=CC1CN(Cc2ccccc2)C(=O)c2cnc(-c3cnccc3OC)nc2N1c1ccccc1. The Kier molecular flexibility index (Phi) is 6.22. The molecule has 0 saturated carbocycles. The second-order valence-electron chi connectivity index (χ2n) is 8.19. The Morgan fingerprint density at radius 1 is 1.03 bits per heavy atom. The van der Waals surface area contributed by atoms with Crippen molar-refractivity contribution < 1.29 is 9.53 Å². The molecule has 1 aliphatic rings. The van der Waals surface area contributed by atoms with Crippen LogP contribution in [-0.2, 0) is 6.54 Å². The van der Waals surface area contributed by atoms with Gasteiger partial charge in [0, 0.05) is 37.4 Å². The third kappa shape index (κ3) is 4.36. The molecular formula is C28H25N5O2. The van der Waals surface area contributed by atoms with Crippen molar-refractivity contribution >= 4 is 17.4 Å². The number of fused-ring (bicyclic) bond motifs is 1. The van der Waals surface area contributed by atoms with E-state index in [2.05, 4.69) is 21.4 Å². The first-order chi connectivity index (χ1) is 17.2. The van der Waals surface area contributed by atoms with Crippen molar-refractivity contribution in [1.82, 2.24) is 19.9 Å². The summed E-state index contributed by atoms with van der Waals surface area (Å²) >= 11 is 0. The van der Waals surface area contributed by atoms with E-state index >= 15 is 0 Å². The van der Waals surface area contributed by atoms with Crippen molar-refractivity contribution in [2.45, 2.75) is 12.6 Å². The zero-order valence-corrected chi connectivity index (χ0v) is 19.4. The predicted molar refractivity (Wildman–Crippen MR) is 136 cm³/mol. The number of nitrogens with zero attached hydrogens (tertiary/aromatic N) is 5. The molecule has 1 unspecified atom stereocenters. The van der Waals surface area contributed by atoms with Gasteiger partial charge in [0.15, 0.2) is 11.6 Å². The minimum absolute atomic E-state index is 0.126. The Balaban J connectivity index is 1.67. The lowest BCUT2D eigenvalue weighted by Crippen LogP contribution is -2.39. The molecule has 7 heteroatoms. The van der Waals surface area contributed by atoms with Crippen LogP contribution in [0.3, 0.4) is 0 Å². The van der Waals surface area contributed by atoms with Crippen LogP contribution >= 0.6 is 0 Å².